The Kier molecular flexibility index (Phi) is 5.29. The molecule has 0 N–H and O–H groups in total. The Bertz CT molecular complexity index is 481. The number of hydrogen-bond donors (Lipinski definition) is 0. The molecule has 1 aliphatic carbocycles. The van der Waals surface area contributed by atoms with Gasteiger partial charge in [0.05, 0.1) is 0 Å². The van der Waals surface area contributed by atoms with E-state index in [-0.39, 0.29) is 11.8 Å². The first kappa shape index (κ1) is 14.2. The minimum absolute atomic E-state index is 0.0941. The summed E-state index contributed by atoms with van der Waals surface area (Å²) in [6.07, 6.45) is 8.10. The van der Waals surface area contributed by atoms with E-state index in [1.165, 1.54) is 24.3 Å². The highest BCUT2D eigenvalue weighted by Crippen LogP contribution is 2.20. The van der Waals surface area contributed by atoms with Gasteiger partial charge in [-0.2, -0.15) is 0 Å². The molecule has 0 saturated heterocycles. The number of nitrogens with zero attached hydrogens (tertiary/aromatic N) is 1. The van der Waals surface area contributed by atoms with Crippen molar-refractivity contribution in [1.29, 1.82) is 0 Å². The number of hydrogen-bond acceptors (Lipinski definition) is 5. The Morgan fingerprint density at radius 1 is 1.10 bits per heavy atom. The normalized spacial score (nSPS) is 20.3. The average Bonchev–Trinajstić information content (AvgIpc) is 2.42. The first-order chi connectivity index (χ1) is 9.78. The Labute approximate surface area is 117 Å². The number of carbonyl (C=O) groups excluding carboxylic acids is 1. The zero-order valence-electron chi connectivity index (χ0n) is 11.2. The van der Waals surface area contributed by atoms with Crippen molar-refractivity contribution in [2.45, 2.75) is 38.2 Å². The molecule has 1 aliphatic rings. The van der Waals surface area contributed by atoms with Gasteiger partial charge in [0.1, 0.15) is 17.5 Å². The van der Waals surface area contributed by atoms with E-state index in [4.69, 9.17) is 9.47 Å². The molecule has 5 nitrogen and oxygen atoms in total. The van der Waals surface area contributed by atoms with Crippen LogP contribution in [0.5, 0.6) is 5.75 Å². The monoisotopic (exact) mass is 275 g/mol. The summed E-state index contributed by atoms with van der Waals surface area (Å²) in [6, 6.07) is 5.99. The fourth-order valence-corrected chi connectivity index (χ4v) is 2.07. The van der Waals surface area contributed by atoms with Crippen LogP contribution in [0.2, 0.25) is 0 Å². The zero-order valence-corrected chi connectivity index (χ0v) is 11.2. The van der Waals surface area contributed by atoms with E-state index in [2.05, 4.69) is 17.3 Å². The van der Waals surface area contributed by atoms with Crippen molar-refractivity contribution in [2.75, 3.05) is 0 Å². The molecule has 0 aliphatic heterocycles. The van der Waals surface area contributed by atoms with Gasteiger partial charge in [0.2, 0.25) is 0 Å². The Hall–Kier alpha value is -2.17. The summed E-state index contributed by atoms with van der Waals surface area (Å²) in [7, 11) is 0. The van der Waals surface area contributed by atoms with Gasteiger partial charge in [0, 0.05) is 0 Å². The Morgan fingerprint density at radius 2 is 1.85 bits per heavy atom. The van der Waals surface area contributed by atoms with Crippen molar-refractivity contribution < 1.29 is 14.3 Å². The molecular weight excluding hydrogens is 258 g/mol. The Morgan fingerprint density at radius 3 is 2.60 bits per heavy atom. The summed E-state index contributed by atoms with van der Waals surface area (Å²) >= 11 is 0. The van der Waals surface area contributed by atoms with Crippen LogP contribution in [0.1, 0.15) is 32.1 Å². The van der Waals surface area contributed by atoms with E-state index in [1.54, 1.807) is 0 Å². The van der Waals surface area contributed by atoms with Crippen LogP contribution < -0.4 is 4.74 Å². The number of carbonyl (C=O) groups is 1. The number of nitroso groups, excluding NO2 is 1. The fraction of sp³-hybridized carbons (Fsp3) is 0.400. The van der Waals surface area contributed by atoms with E-state index in [9.17, 15) is 9.70 Å². The van der Waals surface area contributed by atoms with Gasteiger partial charge >= 0.3 is 6.16 Å². The third-order valence-electron chi connectivity index (χ3n) is 3.13. The average molecular weight is 275 g/mol. The lowest BCUT2D eigenvalue weighted by molar-refractivity contribution is 0.0500. The van der Waals surface area contributed by atoms with Gasteiger partial charge in [-0.05, 0) is 61.5 Å². The molecule has 1 atom stereocenters. The standard InChI is InChI=1S/C15H17NO4/c17-15(19-13-6-4-2-1-3-5-7-13)20-14-10-8-12(16-18)9-11-14/h1-2,8-11,13H,3-7H2/b2-1+. The molecule has 0 fully saturated rings. The predicted molar refractivity (Wildman–Crippen MR) is 75.0 cm³/mol. The van der Waals surface area contributed by atoms with E-state index >= 15 is 0 Å². The van der Waals surface area contributed by atoms with Crippen LogP contribution in [0.25, 0.3) is 0 Å². The quantitative estimate of drug-likeness (QED) is 0.353. The smallest absolute Gasteiger partial charge is 0.431 e. The molecule has 0 bridgehead atoms. The van der Waals surface area contributed by atoms with Crippen molar-refractivity contribution in [2.24, 2.45) is 5.18 Å². The maximum absolute atomic E-state index is 11.7. The van der Waals surface area contributed by atoms with Gasteiger partial charge in [0.15, 0.2) is 0 Å². The lowest BCUT2D eigenvalue weighted by Crippen LogP contribution is -2.21. The van der Waals surface area contributed by atoms with Gasteiger partial charge in [0.25, 0.3) is 0 Å². The minimum Gasteiger partial charge on any atom is -0.431 e. The summed E-state index contributed by atoms with van der Waals surface area (Å²) in [6.45, 7) is 0. The second kappa shape index (κ2) is 7.43. The van der Waals surface area contributed by atoms with Crippen LogP contribution in [-0.2, 0) is 4.74 Å². The van der Waals surface area contributed by atoms with Crippen LogP contribution >= 0.6 is 0 Å². The van der Waals surface area contributed by atoms with Gasteiger partial charge in [-0.25, -0.2) is 4.79 Å². The summed E-state index contributed by atoms with van der Waals surface area (Å²) in [4.78, 5) is 22.0. The molecule has 0 saturated carbocycles. The van der Waals surface area contributed by atoms with Crippen LogP contribution in [-0.4, -0.2) is 12.3 Å². The largest absolute Gasteiger partial charge is 0.514 e. The van der Waals surface area contributed by atoms with E-state index in [0.717, 1.165) is 32.1 Å². The first-order valence-corrected chi connectivity index (χ1v) is 6.75. The summed E-state index contributed by atoms with van der Waals surface area (Å²) < 4.78 is 10.4. The molecule has 0 spiro atoms. The van der Waals surface area contributed by atoms with Gasteiger partial charge in [-0.15, -0.1) is 4.91 Å². The molecule has 0 radical (unpaired) electrons. The van der Waals surface area contributed by atoms with Crippen LogP contribution in [0.3, 0.4) is 0 Å². The molecule has 1 aromatic carbocycles. The van der Waals surface area contributed by atoms with Crippen molar-refractivity contribution in [3.63, 3.8) is 0 Å². The van der Waals surface area contributed by atoms with Crippen molar-refractivity contribution in [3.05, 3.63) is 41.3 Å². The highest BCUT2D eigenvalue weighted by molar-refractivity contribution is 5.64. The number of rotatable bonds is 3. The SMILES string of the molecule is O=Nc1ccc(OC(=O)OC2CC/C=C/CCC2)cc1. The third-order valence-corrected chi connectivity index (χ3v) is 3.13. The molecule has 0 heterocycles. The van der Waals surface area contributed by atoms with Crippen molar-refractivity contribution >= 4 is 11.8 Å². The molecule has 0 amide bonds. The predicted octanol–water partition coefficient (Wildman–Crippen LogP) is 4.49. The first-order valence-electron chi connectivity index (χ1n) is 6.75. The summed E-state index contributed by atoms with van der Waals surface area (Å²) in [5.41, 5.74) is 0.289. The summed E-state index contributed by atoms with van der Waals surface area (Å²) in [5.74, 6) is 0.341. The minimum atomic E-state index is -0.702. The lowest BCUT2D eigenvalue weighted by Gasteiger charge is -2.17. The number of allylic oxidation sites excluding steroid dienone is 2. The molecule has 1 aromatic rings. The third kappa shape index (κ3) is 4.50. The van der Waals surface area contributed by atoms with Crippen molar-refractivity contribution in [3.8, 4) is 5.75 Å². The second-order valence-electron chi connectivity index (χ2n) is 4.66. The molecule has 5 heteroatoms. The van der Waals surface area contributed by atoms with E-state index < -0.39 is 6.16 Å². The van der Waals surface area contributed by atoms with Gasteiger partial charge in [-0.1, -0.05) is 12.2 Å². The van der Waals surface area contributed by atoms with Crippen molar-refractivity contribution in [1.82, 2.24) is 0 Å². The molecule has 2 rings (SSSR count). The molecule has 20 heavy (non-hydrogen) atoms. The molecule has 0 aromatic heterocycles. The molecular formula is C15H17NO4. The van der Waals surface area contributed by atoms with Crippen LogP contribution in [0, 0.1) is 4.91 Å². The van der Waals surface area contributed by atoms with Gasteiger partial charge in [-0.3, -0.25) is 0 Å². The fourth-order valence-electron chi connectivity index (χ4n) is 2.07. The van der Waals surface area contributed by atoms with E-state index in [0.29, 0.717) is 5.75 Å². The lowest BCUT2D eigenvalue weighted by atomic mass is 10.0. The second-order valence-corrected chi connectivity index (χ2v) is 4.66. The molecule has 106 valence electrons. The zero-order chi connectivity index (χ0) is 14.2. The number of benzene rings is 1. The summed E-state index contributed by atoms with van der Waals surface area (Å²) in [5, 5.41) is 2.78. The van der Waals surface area contributed by atoms with Crippen LogP contribution in [0.4, 0.5) is 10.5 Å². The maximum atomic E-state index is 11.7. The molecule has 1 unspecified atom stereocenters. The maximum Gasteiger partial charge on any atom is 0.514 e. The topological polar surface area (TPSA) is 65.0 Å². The highest BCUT2D eigenvalue weighted by Gasteiger charge is 2.16. The van der Waals surface area contributed by atoms with E-state index in [1.807, 2.05) is 0 Å². The number of ether oxygens (including phenoxy) is 2. The highest BCUT2D eigenvalue weighted by atomic mass is 16.7. The Balaban J connectivity index is 1.84. The van der Waals surface area contributed by atoms with Gasteiger partial charge < -0.3 is 9.47 Å². The van der Waals surface area contributed by atoms with Crippen LogP contribution in [0.15, 0.2) is 41.6 Å².